The third-order valence-electron chi connectivity index (χ3n) is 5.74. The van der Waals surface area contributed by atoms with Gasteiger partial charge < -0.3 is 14.9 Å². The maximum Gasteiger partial charge on any atom is 0.304 e. The molecular weight excluding hydrogens is 318 g/mol. The first-order valence-electron chi connectivity index (χ1n) is 10.0. The molecule has 1 aliphatic carbocycles. The number of aromatic nitrogens is 2. The highest BCUT2D eigenvalue weighted by Gasteiger charge is 2.26. The minimum atomic E-state index is -0.793. The van der Waals surface area contributed by atoms with E-state index in [0.29, 0.717) is 11.7 Å². The molecule has 1 aromatic heterocycles. The second-order valence-corrected chi connectivity index (χ2v) is 7.72. The molecule has 0 bridgehead atoms. The molecule has 25 heavy (non-hydrogen) atoms. The van der Waals surface area contributed by atoms with Crippen LogP contribution >= 0.6 is 0 Å². The number of hydrogen-bond acceptors (Lipinski definition) is 5. The lowest BCUT2D eigenvalue weighted by atomic mass is 9.84. The monoisotopic (exact) mass is 349 g/mol. The molecule has 1 saturated heterocycles. The van der Waals surface area contributed by atoms with Gasteiger partial charge >= 0.3 is 5.97 Å². The lowest BCUT2D eigenvalue weighted by Crippen LogP contribution is -2.27. The predicted octanol–water partition coefficient (Wildman–Crippen LogP) is 4.19. The van der Waals surface area contributed by atoms with E-state index in [-0.39, 0.29) is 18.4 Å². The van der Waals surface area contributed by atoms with E-state index in [4.69, 9.17) is 4.52 Å². The van der Waals surface area contributed by atoms with Gasteiger partial charge in [0, 0.05) is 5.92 Å². The zero-order valence-electron chi connectivity index (χ0n) is 15.1. The van der Waals surface area contributed by atoms with Crippen LogP contribution in [0.5, 0.6) is 0 Å². The fourth-order valence-electron chi connectivity index (χ4n) is 4.28. The molecule has 1 saturated carbocycles. The lowest BCUT2D eigenvalue weighted by Gasteiger charge is -2.22. The quantitative estimate of drug-likeness (QED) is 0.731. The summed E-state index contributed by atoms with van der Waals surface area (Å²) in [5, 5.41) is 16.8. The van der Waals surface area contributed by atoms with Crippen molar-refractivity contribution in [2.45, 2.75) is 89.0 Å². The Labute approximate surface area is 149 Å². The Hall–Kier alpha value is -1.43. The predicted molar refractivity (Wildman–Crippen MR) is 94.3 cm³/mol. The molecule has 2 fully saturated rings. The van der Waals surface area contributed by atoms with Crippen LogP contribution in [0.3, 0.4) is 0 Å². The van der Waals surface area contributed by atoms with Crippen molar-refractivity contribution in [3.63, 3.8) is 0 Å². The second-order valence-electron chi connectivity index (χ2n) is 7.72. The van der Waals surface area contributed by atoms with E-state index >= 15 is 0 Å². The first kappa shape index (κ1) is 18.4. The molecule has 1 unspecified atom stereocenters. The molecule has 3 rings (SSSR count). The molecule has 6 heteroatoms. The van der Waals surface area contributed by atoms with Crippen molar-refractivity contribution < 1.29 is 14.4 Å². The molecule has 2 N–H and O–H groups in total. The number of carboxylic acid groups (broad SMARTS) is 1. The highest BCUT2D eigenvalue weighted by molar-refractivity contribution is 5.67. The van der Waals surface area contributed by atoms with Crippen LogP contribution in [0.2, 0.25) is 0 Å². The molecule has 0 radical (unpaired) electrons. The van der Waals surface area contributed by atoms with Gasteiger partial charge in [0.25, 0.3) is 0 Å². The summed E-state index contributed by atoms with van der Waals surface area (Å²) < 4.78 is 5.46. The molecule has 140 valence electrons. The van der Waals surface area contributed by atoms with Crippen molar-refractivity contribution in [2.75, 3.05) is 6.54 Å². The minimum absolute atomic E-state index is 0.0738. The summed E-state index contributed by atoms with van der Waals surface area (Å²) in [6, 6.07) is 0.152. The largest absolute Gasteiger partial charge is 0.481 e. The van der Waals surface area contributed by atoms with E-state index in [9.17, 15) is 9.90 Å². The number of carbonyl (C=O) groups is 1. The molecular formula is C19H31N3O3. The zero-order chi connectivity index (χ0) is 17.5. The van der Waals surface area contributed by atoms with Crippen LogP contribution in [0.15, 0.2) is 4.52 Å². The van der Waals surface area contributed by atoms with Crippen LogP contribution in [0.25, 0.3) is 0 Å². The molecule has 2 aliphatic rings. The maximum atomic E-state index is 11.3. The van der Waals surface area contributed by atoms with Crippen LogP contribution in [0.1, 0.15) is 101 Å². The van der Waals surface area contributed by atoms with Gasteiger partial charge in [0.15, 0.2) is 5.82 Å². The standard InChI is InChI=1S/C19H31N3O3/c23-17(24)13-15(10-6-9-14-7-2-1-3-8-14)19-21-18(22-25-19)16-11-4-5-12-20-16/h14-16,20H,1-13H2,(H,23,24)/t15-,16?/m1/s1. The summed E-state index contributed by atoms with van der Waals surface area (Å²) in [6.07, 6.45) is 13.3. The van der Waals surface area contributed by atoms with Crippen molar-refractivity contribution in [3.8, 4) is 0 Å². The fraction of sp³-hybridized carbons (Fsp3) is 0.842. The minimum Gasteiger partial charge on any atom is -0.481 e. The van der Waals surface area contributed by atoms with Crippen LogP contribution in [0, 0.1) is 5.92 Å². The van der Waals surface area contributed by atoms with E-state index in [1.165, 1.54) is 51.4 Å². The summed E-state index contributed by atoms with van der Waals surface area (Å²) in [5.41, 5.74) is 0. The van der Waals surface area contributed by atoms with Crippen molar-refractivity contribution in [2.24, 2.45) is 5.92 Å². The highest BCUT2D eigenvalue weighted by atomic mass is 16.5. The SMILES string of the molecule is O=C(O)C[C@@H](CCCC1CCCCC1)c1nc(C2CCCCN2)no1. The molecule has 2 heterocycles. The van der Waals surface area contributed by atoms with Gasteiger partial charge in [-0.15, -0.1) is 0 Å². The summed E-state index contributed by atoms with van der Waals surface area (Å²) in [7, 11) is 0. The van der Waals surface area contributed by atoms with Gasteiger partial charge in [-0.2, -0.15) is 4.98 Å². The van der Waals surface area contributed by atoms with Crippen molar-refractivity contribution in [1.82, 2.24) is 15.5 Å². The molecule has 0 aromatic carbocycles. The van der Waals surface area contributed by atoms with E-state index in [0.717, 1.165) is 31.7 Å². The molecule has 0 amide bonds. The van der Waals surface area contributed by atoms with Crippen molar-refractivity contribution in [3.05, 3.63) is 11.7 Å². The summed E-state index contributed by atoms with van der Waals surface area (Å²) >= 11 is 0. The molecule has 6 nitrogen and oxygen atoms in total. The number of rotatable bonds is 8. The molecule has 1 aliphatic heterocycles. The number of hydrogen-bond donors (Lipinski definition) is 2. The van der Waals surface area contributed by atoms with E-state index < -0.39 is 5.97 Å². The first-order valence-corrected chi connectivity index (χ1v) is 10.0. The molecule has 1 aromatic rings. The average Bonchev–Trinajstić information content (AvgIpc) is 3.12. The number of aliphatic carboxylic acids is 1. The first-order chi connectivity index (χ1) is 12.2. The maximum absolute atomic E-state index is 11.3. The smallest absolute Gasteiger partial charge is 0.304 e. The summed E-state index contributed by atoms with van der Waals surface area (Å²) in [5.74, 6) is 1.07. The third-order valence-corrected chi connectivity index (χ3v) is 5.74. The van der Waals surface area contributed by atoms with Gasteiger partial charge in [0.05, 0.1) is 12.5 Å². The second kappa shape index (κ2) is 9.32. The normalized spacial score (nSPS) is 23.4. The van der Waals surface area contributed by atoms with Gasteiger partial charge in [0.1, 0.15) is 0 Å². The Morgan fingerprint density at radius 3 is 2.72 bits per heavy atom. The third kappa shape index (κ3) is 5.53. The lowest BCUT2D eigenvalue weighted by molar-refractivity contribution is -0.137. The van der Waals surface area contributed by atoms with Crippen LogP contribution in [-0.2, 0) is 4.79 Å². The van der Waals surface area contributed by atoms with Gasteiger partial charge in [-0.25, -0.2) is 0 Å². The zero-order valence-corrected chi connectivity index (χ0v) is 15.1. The number of carboxylic acids is 1. The van der Waals surface area contributed by atoms with Crippen LogP contribution < -0.4 is 5.32 Å². The van der Waals surface area contributed by atoms with Crippen LogP contribution in [-0.4, -0.2) is 27.8 Å². The van der Waals surface area contributed by atoms with Gasteiger partial charge in [-0.3, -0.25) is 4.79 Å². The average molecular weight is 349 g/mol. The van der Waals surface area contributed by atoms with Gasteiger partial charge in [0.2, 0.25) is 5.89 Å². The van der Waals surface area contributed by atoms with Gasteiger partial charge in [-0.05, 0) is 31.7 Å². The topological polar surface area (TPSA) is 88.2 Å². The number of nitrogens with one attached hydrogen (secondary N) is 1. The van der Waals surface area contributed by atoms with E-state index in [2.05, 4.69) is 15.5 Å². The van der Waals surface area contributed by atoms with Crippen molar-refractivity contribution in [1.29, 1.82) is 0 Å². The number of nitrogens with zero attached hydrogens (tertiary/aromatic N) is 2. The summed E-state index contributed by atoms with van der Waals surface area (Å²) in [6.45, 7) is 0.981. The van der Waals surface area contributed by atoms with E-state index in [1.54, 1.807) is 0 Å². The molecule has 2 atom stereocenters. The van der Waals surface area contributed by atoms with Crippen molar-refractivity contribution >= 4 is 5.97 Å². The summed E-state index contributed by atoms with van der Waals surface area (Å²) in [4.78, 5) is 15.8. The van der Waals surface area contributed by atoms with Gasteiger partial charge in [-0.1, -0.05) is 56.5 Å². The Morgan fingerprint density at radius 1 is 1.20 bits per heavy atom. The molecule has 0 spiro atoms. The number of piperidine rings is 1. The Kier molecular flexibility index (Phi) is 6.84. The van der Waals surface area contributed by atoms with E-state index in [1.807, 2.05) is 0 Å². The Balaban J connectivity index is 1.55. The fourth-order valence-corrected chi connectivity index (χ4v) is 4.28. The Bertz CT molecular complexity index is 534. The highest BCUT2D eigenvalue weighted by Crippen LogP contribution is 2.31. The Morgan fingerprint density at radius 2 is 2.00 bits per heavy atom. The van der Waals surface area contributed by atoms with Crippen LogP contribution in [0.4, 0.5) is 0 Å².